The molecule has 0 radical (unpaired) electrons. The van der Waals surface area contributed by atoms with Crippen LogP contribution in [0, 0.1) is 0 Å². The van der Waals surface area contributed by atoms with Gasteiger partial charge in [0.25, 0.3) is 5.56 Å². The quantitative estimate of drug-likeness (QED) is 0.895. The minimum atomic E-state index is -0.359. The maximum absolute atomic E-state index is 12.6. The van der Waals surface area contributed by atoms with Crippen LogP contribution in [-0.2, 0) is 16.1 Å². The summed E-state index contributed by atoms with van der Waals surface area (Å²) < 4.78 is 7.05. The molecule has 1 saturated heterocycles. The molecule has 6 nitrogen and oxygen atoms in total. The summed E-state index contributed by atoms with van der Waals surface area (Å²) in [5.41, 5.74) is 0.455. The fourth-order valence-electron chi connectivity index (χ4n) is 3.06. The highest BCUT2D eigenvalue weighted by Crippen LogP contribution is 2.14. The minimum Gasteiger partial charge on any atom is -0.376 e. The van der Waals surface area contributed by atoms with Crippen molar-refractivity contribution in [2.45, 2.75) is 38.5 Å². The Kier molecular flexibility index (Phi) is 4.83. The number of ether oxygens (including phenoxy) is 1. The lowest BCUT2D eigenvalue weighted by Gasteiger charge is -2.31. The highest BCUT2D eigenvalue weighted by Gasteiger charge is 2.31. The van der Waals surface area contributed by atoms with Crippen LogP contribution < -0.4 is 10.9 Å². The van der Waals surface area contributed by atoms with Crippen molar-refractivity contribution in [3.63, 3.8) is 0 Å². The van der Waals surface area contributed by atoms with Crippen LogP contribution in [0.5, 0.6) is 0 Å². The van der Waals surface area contributed by atoms with Crippen molar-refractivity contribution in [3.05, 3.63) is 40.9 Å². The average molecular weight is 315 g/mol. The highest BCUT2D eigenvalue weighted by atomic mass is 16.5. The molecule has 6 heteroatoms. The molecule has 1 fully saturated rings. The van der Waals surface area contributed by atoms with Crippen molar-refractivity contribution in [1.82, 2.24) is 14.9 Å². The van der Waals surface area contributed by atoms with Gasteiger partial charge in [0.2, 0.25) is 0 Å². The first kappa shape index (κ1) is 15.8. The number of carbonyl (C=O) groups is 1. The van der Waals surface area contributed by atoms with Gasteiger partial charge in [-0.3, -0.25) is 14.2 Å². The monoisotopic (exact) mass is 315 g/mol. The summed E-state index contributed by atoms with van der Waals surface area (Å²) in [6.45, 7) is 3.31. The Morgan fingerprint density at radius 2 is 2.26 bits per heavy atom. The lowest BCUT2D eigenvalue weighted by Crippen LogP contribution is -2.52. The Balaban J connectivity index is 1.82. The van der Waals surface area contributed by atoms with Crippen molar-refractivity contribution in [2.75, 3.05) is 13.2 Å². The molecule has 23 heavy (non-hydrogen) atoms. The summed E-state index contributed by atoms with van der Waals surface area (Å²) in [4.78, 5) is 29.3. The summed E-state index contributed by atoms with van der Waals surface area (Å²) in [5.74, 6) is -0.0395. The van der Waals surface area contributed by atoms with Crippen LogP contribution in [-0.4, -0.2) is 40.6 Å². The van der Waals surface area contributed by atoms with E-state index in [0.29, 0.717) is 17.5 Å². The lowest BCUT2D eigenvalue weighted by atomic mass is 9.97. The Bertz CT molecular complexity index is 754. The first-order valence-corrected chi connectivity index (χ1v) is 8.02. The number of aromatic nitrogens is 2. The molecule has 0 amide bonds. The second kappa shape index (κ2) is 7.02. The molecule has 2 heterocycles. The number of nitrogens with zero attached hydrogens (tertiary/aromatic N) is 2. The van der Waals surface area contributed by atoms with Crippen LogP contribution in [0.3, 0.4) is 0 Å². The zero-order valence-corrected chi connectivity index (χ0v) is 13.2. The molecule has 1 aliphatic heterocycles. The molecule has 1 aliphatic rings. The van der Waals surface area contributed by atoms with E-state index in [-0.39, 0.29) is 30.0 Å². The van der Waals surface area contributed by atoms with E-state index in [1.165, 1.54) is 10.9 Å². The molecule has 0 saturated carbocycles. The molecule has 1 N–H and O–H groups in total. The number of carbonyl (C=O) groups excluding carboxylic acids is 1. The van der Waals surface area contributed by atoms with Gasteiger partial charge in [-0.15, -0.1) is 0 Å². The van der Waals surface area contributed by atoms with E-state index in [4.69, 9.17) is 4.74 Å². The van der Waals surface area contributed by atoms with Crippen molar-refractivity contribution >= 4 is 16.7 Å². The number of hydrogen-bond donors (Lipinski definition) is 1. The zero-order valence-electron chi connectivity index (χ0n) is 13.2. The van der Waals surface area contributed by atoms with E-state index in [9.17, 15) is 9.59 Å². The standard InChI is InChI=1S/C17H21N3O3/c1-2-23-15-8-5-9-18-16(15)14(21)10-20-11-19-13-7-4-3-6-12(13)17(20)22/h3-4,6-7,11,15-16,18H,2,5,8-10H2,1H3/t15-,16+/m0/s1. The van der Waals surface area contributed by atoms with Gasteiger partial charge < -0.3 is 10.1 Å². The van der Waals surface area contributed by atoms with Crippen LogP contribution >= 0.6 is 0 Å². The number of hydrogen-bond acceptors (Lipinski definition) is 5. The summed E-state index contributed by atoms with van der Waals surface area (Å²) in [7, 11) is 0. The predicted octanol–water partition coefficient (Wildman–Crippen LogP) is 1.12. The molecule has 0 bridgehead atoms. The van der Waals surface area contributed by atoms with Crippen molar-refractivity contribution in [1.29, 1.82) is 0 Å². The highest BCUT2D eigenvalue weighted by molar-refractivity contribution is 5.85. The van der Waals surface area contributed by atoms with Gasteiger partial charge in [0, 0.05) is 6.61 Å². The number of nitrogens with one attached hydrogen (secondary N) is 1. The summed E-state index contributed by atoms with van der Waals surface area (Å²) >= 11 is 0. The van der Waals surface area contributed by atoms with Crippen molar-refractivity contribution in [3.8, 4) is 0 Å². The summed E-state index contributed by atoms with van der Waals surface area (Å²) in [6, 6.07) is 6.79. The maximum atomic E-state index is 12.6. The second-order valence-electron chi connectivity index (χ2n) is 5.73. The van der Waals surface area contributed by atoms with E-state index in [1.54, 1.807) is 18.2 Å². The van der Waals surface area contributed by atoms with Crippen LogP contribution in [0.2, 0.25) is 0 Å². The fraction of sp³-hybridized carbons (Fsp3) is 0.471. The van der Waals surface area contributed by atoms with E-state index in [0.717, 1.165) is 19.4 Å². The number of fused-ring (bicyclic) bond motifs is 1. The maximum Gasteiger partial charge on any atom is 0.261 e. The van der Waals surface area contributed by atoms with Gasteiger partial charge in [0.05, 0.1) is 35.9 Å². The van der Waals surface area contributed by atoms with Gasteiger partial charge in [-0.2, -0.15) is 0 Å². The van der Waals surface area contributed by atoms with Crippen molar-refractivity contribution < 1.29 is 9.53 Å². The number of rotatable bonds is 5. The van der Waals surface area contributed by atoms with Crippen LogP contribution in [0.25, 0.3) is 10.9 Å². The normalized spacial score (nSPS) is 21.4. The minimum absolute atomic E-state index is 0.0118. The number of piperidine rings is 1. The van der Waals surface area contributed by atoms with Gasteiger partial charge in [-0.05, 0) is 38.4 Å². The van der Waals surface area contributed by atoms with E-state index >= 15 is 0 Å². The molecule has 0 spiro atoms. The summed E-state index contributed by atoms with van der Waals surface area (Å²) in [5, 5.41) is 3.75. The van der Waals surface area contributed by atoms with Crippen LogP contribution in [0.4, 0.5) is 0 Å². The Hall–Kier alpha value is -2.05. The first-order chi connectivity index (χ1) is 11.2. The Morgan fingerprint density at radius 3 is 3.09 bits per heavy atom. The van der Waals surface area contributed by atoms with E-state index < -0.39 is 0 Å². The average Bonchev–Trinajstić information content (AvgIpc) is 2.58. The largest absolute Gasteiger partial charge is 0.376 e. The number of para-hydroxylation sites is 1. The third-order valence-electron chi connectivity index (χ3n) is 4.19. The second-order valence-corrected chi connectivity index (χ2v) is 5.73. The van der Waals surface area contributed by atoms with Crippen LogP contribution in [0.1, 0.15) is 19.8 Å². The van der Waals surface area contributed by atoms with Crippen molar-refractivity contribution in [2.24, 2.45) is 0 Å². The van der Waals surface area contributed by atoms with Gasteiger partial charge in [0.1, 0.15) is 0 Å². The van der Waals surface area contributed by atoms with Gasteiger partial charge >= 0.3 is 0 Å². The SMILES string of the molecule is CCO[C@H]1CCCN[C@@H]1C(=O)Cn1cnc2ccccc2c1=O. The molecular formula is C17H21N3O3. The number of ketones is 1. The molecule has 2 atom stereocenters. The predicted molar refractivity (Wildman–Crippen MR) is 87.4 cm³/mol. The van der Waals surface area contributed by atoms with Gasteiger partial charge in [-0.1, -0.05) is 12.1 Å². The molecular weight excluding hydrogens is 294 g/mol. The van der Waals surface area contributed by atoms with Gasteiger partial charge in [0.15, 0.2) is 5.78 Å². The third kappa shape index (κ3) is 3.33. The molecule has 0 aliphatic carbocycles. The Labute approximate surface area is 134 Å². The van der Waals surface area contributed by atoms with E-state index in [1.807, 2.05) is 13.0 Å². The smallest absolute Gasteiger partial charge is 0.261 e. The first-order valence-electron chi connectivity index (χ1n) is 8.02. The molecule has 0 unspecified atom stereocenters. The third-order valence-corrected chi connectivity index (χ3v) is 4.19. The summed E-state index contributed by atoms with van der Waals surface area (Å²) in [6.07, 6.45) is 3.18. The molecule has 3 rings (SSSR count). The van der Waals surface area contributed by atoms with Crippen LogP contribution in [0.15, 0.2) is 35.4 Å². The number of benzene rings is 1. The lowest BCUT2D eigenvalue weighted by molar-refractivity contribution is -0.126. The Morgan fingerprint density at radius 1 is 1.43 bits per heavy atom. The molecule has 122 valence electrons. The fourth-order valence-corrected chi connectivity index (χ4v) is 3.06. The molecule has 1 aromatic heterocycles. The molecule has 1 aromatic carbocycles. The number of Topliss-reactive ketones (excluding diaryl/α,β-unsaturated/α-hetero) is 1. The van der Waals surface area contributed by atoms with Gasteiger partial charge in [-0.25, -0.2) is 4.98 Å². The topological polar surface area (TPSA) is 73.2 Å². The van der Waals surface area contributed by atoms with E-state index in [2.05, 4.69) is 10.3 Å². The zero-order chi connectivity index (χ0) is 16.2. The molecule has 2 aromatic rings.